The van der Waals surface area contributed by atoms with Gasteiger partial charge in [-0.3, -0.25) is 10.3 Å². The Morgan fingerprint density at radius 3 is 2.50 bits per heavy atom. The molecule has 2 fully saturated rings. The van der Waals surface area contributed by atoms with Crippen molar-refractivity contribution in [3.05, 3.63) is 30.3 Å². The van der Waals surface area contributed by atoms with Crippen LogP contribution in [0.4, 0.5) is 5.69 Å². The van der Waals surface area contributed by atoms with Crippen molar-refractivity contribution >= 4 is 17.7 Å². The Bertz CT molecular complexity index is 564. The fourth-order valence-corrected chi connectivity index (χ4v) is 3.10. The first kappa shape index (κ1) is 19.1. The molecule has 7 nitrogen and oxygen atoms in total. The number of benzene rings is 1. The van der Waals surface area contributed by atoms with Crippen LogP contribution in [0, 0.1) is 5.41 Å². The molecule has 124 valence electrons. The third-order valence-electron chi connectivity index (χ3n) is 4.26. The van der Waals surface area contributed by atoms with Gasteiger partial charge in [-0.05, 0) is 12.1 Å². The smallest absolute Gasteiger partial charge is 0.548 e. The number of carbonyl (C=O) groups excluding carboxylic acids is 1. The van der Waals surface area contributed by atoms with Gasteiger partial charge in [0.05, 0.1) is 19.1 Å². The Morgan fingerprint density at radius 1 is 1.21 bits per heavy atom. The molecule has 0 amide bonds. The fraction of sp³-hybridized carbons (Fsp3) is 0.500. The maximum absolute atomic E-state index is 10.6. The van der Waals surface area contributed by atoms with Crippen LogP contribution in [0.3, 0.4) is 0 Å². The molecule has 0 bridgehead atoms. The third kappa shape index (κ3) is 4.86. The van der Waals surface area contributed by atoms with Crippen LogP contribution in [-0.2, 0) is 9.53 Å². The van der Waals surface area contributed by atoms with Gasteiger partial charge in [-0.2, -0.15) is 0 Å². The molecular formula is C16H21N4NaO3. The Kier molecular flexibility index (Phi) is 6.91. The number of para-hydroxylation sites is 1. The van der Waals surface area contributed by atoms with E-state index in [0.29, 0.717) is 13.1 Å². The molecule has 1 aromatic rings. The van der Waals surface area contributed by atoms with Gasteiger partial charge in [0, 0.05) is 38.4 Å². The molecule has 2 aliphatic heterocycles. The van der Waals surface area contributed by atoms with E-state index in [4.69, 9.17) is 10.1 Å². The molecule has 0 saturated carbocycles. The largest absolute Gasteiger partial charge is 1.00 e. The number of nitrogens with one attached hydrogen (secondary N) is 1. The van der Waals surface area contributed by atoms with Crippen molar-refractivity contribution in [1.82, 2.24) is 9.80 Å². The summed E-state index contributed by atoms with van der Waals surface area (Å²) in [6.45, 7) is 4.65. The van der Waals surface area contributed by atoms with E-state index < -0.39 is 5.97 Å². The number of piperazine rings is 1. The number of nitrogens with zero attached hydrogens (tertiary/aromatic N) is 3. The zero-order chi connectivity index (χ0) is 16.2. The maximum atomic E-state index is 10.6. The molecule has 0 aromatic heterocycles. The van der Waals surface area contributed by atoms with Crippen LogP contribution in [0.1, 0.15) is 0 Å². The Labute approximate surface area is 164 Å². The van der Waals surface area contributed by atoms with Crippen LogP contribution in [0.25, 0.3) is 0 Å². The van der Waals surface area contributed by atoms with Crippen molar-refractivity contribution in [3.8, 4) is 0 Å². The minimum Gasteiger partial charge on any atom is -0.548 e. The number of carbonyl (C=O) groups is 1. The standard InChI is InChI=1S/C16H22N4O3.Na/c17-16-20(12-15(21)22)11-14(23-16)10-18-6-8-19(9-7-18)13-4-2-1-3-5-13;/h1-5,14,17H,6-12H2,(H,21,22);/q;+1/p-1. The van der Waals surface area contributed by atoms with Gasteiger partial charge in [-0.1, -0.05) is 18.2 Å². The summed E-state index contributed by atoms with van der Waals surface area (Å²) >= 11 is 0. The summed E-state index contributed by atoms with van der Waals surface area (Å²) in [5.74, 6) is -1.18. The first-order valence-electron chi connectivity index (χ1n) is 7.84. The molecule has 1 N–H and O–H groups in total. The molecule has 24 heavy (non-hydrogen) atoms. The predicted molar refractivity (Wildman–Crippen MR) is 84.3 cm³/mol. The van der Waals surface area contributed by atoms with Crippen molar-refractivity contribution in [3.63, 3.8) is 0 Å². The number of hydrogen-bond donors (Lipinski definition) is 1. The van der Waals surface area contributed by atoms with E-state index in [9.17, 15) is 9.90 Å². The van der Waals surface area contributed by atoms with Gasteiger partial charge in [-0.25, -0.2) is 0 Å². The zero-order valence-electron chi connectivity index (χ0n) is 14.0. The van der Waals surface area contributed by atoms with Crippen LogP contribution in [0.2, 0.25) is 0 Å². The third-order valence-corrected chi connectivity index (χ3v) is 4.26. The Balaban J connectivity index is 0.00000208. The van der Waals surface area contributed by atoms with Gasteiger partial charge in [-0.15, -0.1) is 0 Å². The molecular weight excluding hydrogens is 319 g/mol. The Morgan fingerprint density at radius 2 is 1.88 bits per heavy atom. The first-order chi connectivity index (χ1) is 11.1. The van der Waals surface area contributed by atoms with Crippen molar-refractivity contribution in [1.29, 1.82) is 5.41 Å². The number of anilines is 1. The molecule has 3 rings (SSSR count). The van der Waals surface area contributed by atoms with E-state index in [1.54, 1.807) is 0 Å². The van der Waals surface area contributed by atoms with Crippen LogP contribution < -0.4 is 39.6 Å². The second kappa shape index (κ2) is 8.71. The minimum absolute atomic E-state index is 0. The molecule has 2 heterocycles. The first-order valence-corrected chi connectivity index (χ1v) is 7.84. The second-order valence-electron chi connectivity index (χ2n) is 5.92. The number of aliphatic carboxylic acids is 1. The summed E-state index contributed by atoms with van der Waals surface area (Å²) < 4.78 is 5.45. The monoisotopic (exact) mass is 340 g/mol. The van der Waals surface area contributed by atoms with Gasteiger partial charge in [0.25, 0.3) is 6.02 Å². The van der Waals surface area contributed by atoms with Gasteiger partial charge in [0.2, 0.25) is 0 Å². The van der Waals surface area contributed by atoms with Gasteiger partial charge in [0.1, 0.15) is 6.10 Å². The maximum Gasteiger partial charge on any atom is 1.00 e. The normalized spacial score (nSPS) is 21.3. The van der Waals surface area contributed by atoms with E-state index in [-0.39, 0.29) is 48.2 Å². The topological polar surface area (TPSA) is 82.9 Å². The average Bonchev–Trinajstić information content (AvgIpc) is 2.88. The van der Waals surface area contributed by atoms with Crippen molar-refractivity contribution in [2.24, 2.45) is 0 Å². The van der Waals surface area contributed by atoms with Crippen molar-refractivity contribution in [2.45, 2.75) is 6.10 Å². The number of rotatable bonds is 5. The van der Waals surface area contributed by atoms with Crippen LogP contribution >= 0.6 is 0 Å². The molecule has 1 atom stereocenters. The number of hydrogen-bond acceptors (Lipinski definition) is 6. The molecule has 0 aliphatic carbocycles. The summed E-state index contributed by atoms with van der Waals surface area (Å²) in [6.07, 6.45) is -0.148. The number of amidine groups is 1. The fourth-order valence-electron chi connectivity index (χ4n) is 3.10. The summed E-state index contributed by atoms with van der Waals surface area (Å²) in [5.41, 5.74) is 1.24. The van der Waals surface area contributed by atoms with Gasteiger partial charge in [0.15, 0.2) is 0 Å². The zero-order valence-corrected chi connectivity index (χ0v) is 16.0. The number of carboxylic acid groups (broad SMARTS) is 1. The molecule has 2 saturated heterocycles. The second-order valence-corrected chi connectivity index (χ2v) is 5.92. The van der Waals surface area contributed by atoms with Crippen molar-refractivity contribution < 1.29 is 44.2 Å². The van der Waals surface area contributed by atoms with Gasteiger partial charge >= 0.3 is 29.6 Å². The van der Waals surface area contributed by atoms with Crippen LogP contribution in [-0.4, -0.2) is 73.7 Å². The van der Waals surface area contributed by atoms with E-state index in [1.807, 2.05) is 18.2 Å². The van der Waals surface area contributed by atoms with E-state index in [0.717, 1.165) is 26.2 Å². The van der Waals surface area contributed by atoms with E-state index >= 15 is 0 Å². The molecule has 8 heteroatoms. The average molecular weight is 340 g/mol. The molecule has 1 unspecified atom stereocenters. The molecule has 1 aromatic carbocycles. The van der Waals surface area contributed by atoms with E-state index in [1.165, 1.54) is 10.6 Å². The molecule has 2 aliphatic rings. The van der Waals surface area contributed by atoms with Gasteiger partial charge < -0.3 is 24.4 Å². The quantitative estimate of drug-likeness (QED) is 0.554. The molecule has 0 spiro atoms. The van der Waals surface area contributed by atoms with Crippen LogP contribution in [0.15, 0.2) is 30.3 Å². The van der Waals surface area contributed by atoms with Crippen LogP contribution in [0.5, 0.6) is 0 Å². The summed E-state index contributed by atoms with van der Waals surface area (Å²) in [4.78, 5) is 16.7. The summed E-state index contributed by atoms with van der Waals surface area (Å²) in [6, 6.07) is 10.3. The predicted octanol–water partition coefficient (Wildman–Crippen LogP) is -3.80. The van der Waals surface area contributed by atoms with E-state index in [2.05, 4.69) is 21.9 Å². The minimum atomic E-state index is -1.18. The SMILES string of the molecule is N=C1OC(CN2CCN(c3ccccc3)CC2)CN1CC(=O)[O-].[Na+]. The molecule has 0 radical (unpaired) electrons. The summed E-state index contributed by atoms with van der Waals surface area (Å²) in [5, 5.41) is 18.3. The Hall–Kier alpha value is -1.28. The number of ether oxygens (including phenoxy) is 1. The number of carboxylic acids is 1. The van der Waals surface area contributed by atoms with Crippen molar-refractivity contribution in [2.75, 3.05) is 50.7 Å². The summed E-state index contributed by atoms with van der Waals surface area (Å²) in [7, 11) is 0.